The molecule has 1 aromatic heterocycles. The van der Waals surface area contributed by atoms with Gasteiger partial charge in [0.15, 0.2) is 0 Å². The van der Waals surface area contributed by atoms with Crippen molar-refractivity contribution >= 4 is 27.2 Å². The van der Waals surface area contributed by atoms with Gasteiger partial charge in [-0.1, -0.05) is 0 Å². The topological polar surface area (TPSA) is 71.2 Å². The second kappa shape index (κ2) is 4.29. The minimum atomic E-state index is 0.264. The van der Waals surface area contributed by atoms with Crippen LogP contribution in [0.1, 0.15) is 0 Å². The molecule has 18 heavy (non-hydrogen) atoms. The van der Waals surface area contributed by atoms with Crippen LogP contribution in [0.5, 0.6) is 5.75 Å². The molecule has 0 radical (unpaired) electrons. The first-order valence-electron chi connectivity index (χ1n) is 5.43. The number of nitrogen functional groups attached to an aromatic ring is 1. The standard InChI is InChI=1S/C13H11N3OS/c14-16-9-3-1-8(2-4-9)13-15-11-6-5-10(17)7-12(11)18-13/h1-7,16-17H,14H2. The first-order valence-corrected chi connectivity index (χ1v) is 6.24. The lowest BCUT2D eigenvalue weighted by atomic mass is 10.2. The van der Waals surface area contributed by atoms with Crippen LogP contribution < -0.4 is 11.3 Å². The molecule has 0 amide bonds. The highest BCUT2D eigenvalue weighted by molar-refractivity contribution is 7.21. The third-order valence-corrected chi connectivity index (χ3v) is 3.74. The Bertz CT molecular complexity index is 691. The van der Waals surface area contributed by atoms with Gasteiger partial charge >= 0.3 is 0 Å². The summed E-state index contributed by atoms with van der Waals surface area (Å²) in [5, 5.41) is 10.4. The van der Waals surface area contributed by atoms with Gasteiger partial charge in [-0.3, -0.25) is 5.84 Å². The fraction of sp³-hybridized carbons (Fsp3) is 0. The van der Waals surface area contributed by atoms with Crippen molar-refractivity contribution in [2.75, 3.05) is 5.43 Å². The predicted octanol–water partition coefficient (Wildman–Crippen LogP) is 2.95. The number of phenolic OH excluding ortho intramolecular Hbond substituents is 1. The van der Waals surface area contributed by atoms with Gasteiger partial charge in [0.05, 0.1) is 10.2 Å². The van der Waals surface area contributed by atoms with Crippen molar-refractivity contribution in [1.29, 1.82) is 0 Å². The van der Waals surface area contributed by atoms with E-state index in [4.69, 9.17) is 5.84 Å². The summed E-state index contributed by atoms with van der Waals surface area (Å²) >= 11 is 1.56. The number of hydrogen-bond donors (Lipinski definition) is 3. The molecule has 4 nitrogen and oxygen atoms in total. The highest BCUT2D eigenvalue weighted by Gasteiger charge is 2.06. The van der Waals surface area contributed by atoms with Crippen LogP contribution in [0.4, 0.5) is 5.69 Å². The minimum Gasteiger partial charge on any atom is -0.508 e. The smallest absolute Gasteiger partial charge is 0.124 e. The number of fused-ring (bicyclic) bond motifs is 1. The van der Waals surface area contributed by atoms with Gasteiger partial charge in [0.1, 0.15) is 10.8 Å². The van der Waals surface area contributed by atoms with E-state index in [2.05, 4.69) is 10.4 Å². The number of nitrogens with one attached hydrogen (secondary N) is 1. The van der Waals surface area contributed by atoms with Gasteiger partial charge in [0, 0.05) is 11.3 Å². The number of nitrogens with zero attached hydrogens (tertiary/aromatic N) is 1. The molecule has 1 heterocycles. The lowest BCUT2D eigenvalue weighted by Crippen LogP contribution is -2.05. The largest absolute Gasteiger partial charge is 0.508 e. The molecule has 0 aliphatic carbocycles. The summed E-state index contributed by atoms with van der Waals surface area (Å²) in [6, 6.07) is 12.9. The second-order valence-corrected chi connectivity index (χ2v) is 4.92. The molecule has 3 aromatic rings. The summed E-state index contributed by atoms with van der Waals surface area (Å²) in [7, 11) is 0. The number of hydrazine groups is 1. The molecule has 0 aliphatic heterocycles. The maximum Gasteiger partial charge on any atom is 0.124 e. The van der Waals surface area contributed by atoms with Crippen LogP contribution in [0.3, 0.4) is 0 Å². The van der Waals surface area contributed by atoms with E-state index in [0.29, 0.717) is 0 Å². The molecule has 0 unspecified atom stereocenters. The molecule has 0 saturated heterocycles. The number of aromatic hydroxyl groups is 1. The van der Waals surface area contributed by atoms with Crippen LogP contribution >= 0.6 is 11.3 Å². The van der Waals surface area contributed by atoms with Gasteiger partial charge in [-0.15, -0.1) is 11.3 Å². The lowest BCUT2D eigenvalue weighted by molar-refractivity contribution is 0.476. The average molecular weight is 257 g/mol. The van der Waals surface area contributed by atoms with Gasteiger partial charge in [0.2, 0.25) is 0 Å². The highest BCUT2D eigenvalue weighted by atomic mass is 32.1. The van der Waals surface area contributed by atoms with E-state index in [1.54, 1.807) is 23.5 Å². The van der Waals surface area contributed by atoms with E-state index in [9.17, 15) is 5.11 Å². The summed E-state index contributed by atoms with van der Waals surface area (Å²) in [5.41, 5.74) is 5.38. The third kappa shape index (κ3) is 1.90. The molecule has 90 valence electrons. The van der Waals surface area contributed by atoms with Gasteiger partial charge < -0.3 is 10.5 Å². The number of hydrogen-bond acceptors (Lipinski definition) is 5. The molecule has 0 saturated carbocycles. The van der Waals surface area contributed by atoms with E-state index in [1.165, 1.54) is 0 Å². The minimum absolute atomic E-state index is 0.264. The lowest BCUT2D eigenvalue weighted by Gasteiger charge is -2.00. The Morgan fingerprint density at radius 2 is 1.89 bits per heavy atom. The van der Waals surface area contributed by atoms with Crippen molar-refractivity contribution in [2.24, 2.45) is 5.84 Å². The Kier molecular flexibility index (Phi) is 2.62. The number of thiazole rings is 1. The van der Waals surface area contributed by atoms with Crippen molar-refractivity contribution < 1.29 is 5.11 Å². The molecule has 3 rings (SSSR count). The number of benzene rings is 2. The van der Waals surface area contributed by atoms with Crippen LogP contribution in [0.15, 0.2) is 42.5 Å². The van der Waals surface area contributed by atoms with Crippen molar-refractivity contribution in [3.05, 3.63) is 42.5 Å². The summed E-state index contributed by atoms with van der Waals surface area (Å²) in [5.74, 6) is 5.59. The van der Waals surface area contributed by atoms with Gasteiger partial charge in [-0.25, -0.2) is 4.98 Å². The maximum atomic E-state index is 9.44. The molecule has 0 bridgehead atoms. The molecule has 0 spiro atoms. The Hall–Kier alpha value is -2.11. The van der Waals surface area contributed by atoms with E-state index in [1.807, 2.05) is 30.3 Å². The zero-order valence-corrected chi connectivity index (χ0v) is 10.2. The maximum absolute atomic E-state index is 9.44. The fourth-order valence-corrected chi connectivity index (χ4v) is 2.75. The molecule has 4 N–H and O–H groups in total. The Morgan fingerprint density at radius 3 is 2.61 bits per heavy atom. The van der Waals surface area contributed by atoms with Gasteiger partial charge in [-0.05, 0) is 42.5 Å². The van der Waals surface area contributed by atoms with Crippen LogP contribution in [-0.4, -0.2) is 10.1 Å². The van der Waals surface area contributed by atoms with Crippen molar-refractivity contribution in [1.82, 2.24) is 4.98 Å². The Balaban J connectivity index is 2.07. The third-order valence-electron chi connectivity index (χ3n) is 2.67. The normalized spacial score (nSPS) is 10.7. The summed E-state index contributed by atoms with van der Waals surface area (Å²) in [6.07, 6.45) is 0. The van der Waals surface area contributed by atoms with Crippen LogP contribution in [-0.2, 0) is 0 Å². The van der Waals surface area contributed by atoms with E-state index in [-0.39, 0.29) is 5.75 Å². The first-order chi connectivity index (χ1) is 8.76. The predicted molar refractivity (Wildman–Crippen MR) is 74.5 cm³/mol. The quantitative estimate of drug-likeness (QED) is 0.487. The number of phenols is 1. The van der Waals surface area contributed by atoms with Crippen molar-refractivity contribution in [2.45, 2.75) is 0 Å². The van der Waals surface area contributed by atoms with Gasteiger partial charge in [-0.2, -0.15) is 0 Å². The van der Waals surface area contributed by atoms with E-state index in [0.717, 1.165) is 26.5 Å². The monoisotopic (exact) mass is 257 g/mol. The van der Waals surface area contributed by atoms with Crippen molar-refractivity contribution in [3.63, 3.8) is 0 Å². The van der Waals surface area contributed by atoms with Gasteiger partial charge in [0.25, 0.3) is 0 Å². The number of rotatable bonds is 2. The van der Waals surface area contributed by atoms with Crippen LogP contribution in [0, 0.1) is 0 Å². The molecular weight excluding hydrogens is 246 g/mol. The molecule has 2 aromatic carbocycles. The number of nitrogens with two attached hydrogens (primary N) is 1. The van der Waals surface area contributed by atoms with Crippen LogP contribution in [0.2, 0.25) is 0 Å². The first kappa shape index (κ1) is 11.0. The highest BCUT2D eigenvalue weighted by Crippen LogP contribution is 2.32. The molecule has 0 atom stereocenters. The fourth-order valence-electron chi connectivity index (χ4n) is 1.75. The summed E-state index contributed by atoms with van der Waals surface area (Å²) in [6.45, 7) is 0. The molecule has 0 aliphatic rings. The molecule has 0 fully saturated rings. The van der Waals surface area contributed by atoms with E-state index >= 15 is 0 Å². The van der Waals surface area contributed by atoms with Crippen LogP contribution in [0.25, 0.3) is 20.8 Å². The summed E-state index contributed by atoms with van der Waals surface area (Å²) < 4.78 is 0.978. The number of anilines is 1. The molecule has 5 heteroatoms. The molecular formula is C13H11N3OS. The summed E-state index contributed by atoms with van der Waals surface area (Å²) in [4.78, 5) is 4.54. The average Bonchev–Trinajstić information content (AvgIpc) is 2.81. The Labute approximate surface area is 108 Å². The SMILES string of the molecule is NNc1ccc(-c2nc3ccc(O)cc3s2)cc1. The zero-order chi connectivity index (χ0) is 12.5. The van der Waals surface area contributed by atoms with Crippen molar-refractivity contribution in [3.8, 4) is 16.3 Å². The van der Waals surface area contributed by atoms with E-state index < -0.39 is 0 Å². The Morgan fingerprint density at radius 1 is 1.11 bits per heavy atom. The number of aromatic nitrogens is 1. The second-order valence-electron chi connectivity index (χ2n) is 3.89. The zero-order valence-electron chi connectivity index (χ0n) is 9.42.